The fourth-order valence-corrected chi connectivity index (χ4v) is 6.34. The largest absolute Gasteiger partial charge is 0.351 e. The average molecular weight is 314 g/mol. The van der Waals surface area contributed by atoms with Gasteiger partial charge >= 0.3 is 0 Å². The van der Waals surface area contributed by atoms with Gasteiger partial charge in [-0.3, -0.25) is 4.79 Å². The fourth-order valence-electron chi connectivity index (χ4n) is 4.89. The number of carbonyl (C=O) groups is 1. The van der Waals surface area contributed by atoms with Crippen LogP contribution < -0.4 is 5.32 Å². The molecule has 3 heteroatoms. The molecule has 4 fully saturated rings. The summed E-state index contributed by atoms with van der Waals surface area (Å²) in [4.78, 5) is 12.7. The number of hydrogen-bond acceptors (Lipinski definition) is 1. The van der Waals surface area contributed by atoms with Gasteiger partial charge in [-0.05, 0) is 71.1 Å². The van der Waals surface area contributed by atoms with Crippen LogP contribution in [0.4, 0.5) is 0 Å². The van der Waals surface area contributed by atoms with Gasteiger partial charge in [-0.2, -0.15) is 0 Å². The summed E-state index contributed by atoms with van der Waals surface area (Å²) >= 11 is 3.96. The summed E-state index contributed by atoms with van der Waals surface area (Å²) in [6.45, 7) is 6.24. The molecule has 0 spiro atoms. The van der Waals surface area contributed by atoms with Gasteiger partial charge in [-0.15, -0.1) is 0 Å². The van der Waals surface area contributed by atoms with E-state index in [-0.39, 0.29) is 15.3 Å². The average Bonchev–Trinajstić information content (AvgIpc) is 2.09. The standard InChI is InChI=1S/C15H24BrNO/c1-13(2,3)17-12(18)14-5-10-4-11(6-14)8-15(16,7-10)9-14/h10-11H,4-9H2,1-3H3,(H,17,18)/t10-,11+,14?,15?. The first-order chi connectivity index (χ1) is 8.20. The molecule has 0 aromatic heterocycles. The molecule has 0 aromatic carbocycles. The van der Waals surface area contributed by atoms with Crippen LogP contribution in [-0.4, -0.2) is 15.8 Å². The minimum Gasteiger partial charge on any atom is -0.351 e. The van der Waals surface area contributed by atoms with Crippen LogP contribution in [0.3, 0.4) is 0 Å². The van der Waals surface area contributed by atoms with Gasteiger partial charge in [0.1, 0.15) is 0 Å². The lowest BCUT2D eigenvalue weighted by molar-refractivity contribution is -0.145. The number of alkyl halides is 1. The van der Waals surface area contributed by atoms with Gasteiger partial charge in [0.05, 0.1) is 5.41 Å². The van der Waals surface area contributed by atoms with Crippen molar-refractivity contribution in [3.05, 3.63) is 0 Å². The molecule has 4 aliphatic rings. The van der Waals surface area contributed by atoms with Crippen LogP contribution in [0.25, 0.3) is 0 Å². The van der Waals surface area contributed by atoms with Crippen LogP contribution in [0.15, 0.2) is 0 Å². The van der Waals surface area contributed by atoms with Crippen LogP contribution in [0.1, 0.15) is 59.3 Å². The highest BCUT2D eigenvalue weighted by molar-refractivity contribution is 9.10. The third-order valence-corrected chi connectivity index (χ3v) is 5.89. The molecule has 4 rings (SSSR count). The van der Waals surface area contributed by atoms with Gasteiger partial charge in [-0.1, -0.05) is 15.9 Å². The first-order valence-corrected chi connectivity index (χ1v) is 8.01. The van der Waals surface area contributed by atoms with Crippen molar-refractivity contribution in [3.8, 4) is 0 Å². The van der Waals surface area contributed by atoms with E-state index < -0.39 is 0 Å². The van der Waals surface area contributed by atoms with Gasteiger partial charge in [-0.25, -0.2) is 0 Å². The summed E-state index contributed by atoms with van der Waals surface area (Å²) in [5, 5.41) is 3.23. The van der Waals surface area contributed by atoms with E-state index >= 15 is 0 Å². The Kier molecular flexibility index (Phi) is 2.69. The maximum Gasteiger partial charge on any atom is 0.226 e. The van der Waals surface area contributed by atoms with E-state index in [9.17, 15) is 4.79 Å². The molecule has 0 aliphatic heterocycles. The molecule has 4 bridgehead atoms. The molecule has 102 valence electrons. The molecular weight excluding hydrogens is 290 g/mol. The third-order valence-electron chi connectivity index (χ3n) is 4.96. The Morgan fingerprint density at radius 2 is 1.72 bits per heavy atom. The van der Waals surface area contributed by atoms with Crippen molar-refractivity contribution in [1.29, 1.82) is 0 Å². The predicted octanol–water partition coefficient (Wildman–Crippen LogP) is 3.64. The second kappa shape index (κ2) is 3.74. The molecule has 0 aromatic rings. The summed E-state index contributed by atoms with van der Waals surface area (Å²) in [6, 6.07) is 0. The Balaban J connectivity index is 1.85. The fraction of sp³-hybridized carbons (Fsp3) is 0.933. The molecule has 18 heavy (non-hydrogen) atoms. The van der Waals surface area contributed by atoms with Crippen molar-refractivity contribution in [2.45, 2.75) is 69.2 Å². The molecule has 2 unspecified atom stereocenters. The Bertz CT molecular complexity index is 370. The SMILES string of the molecule is CC(C)(C)NC(=O)C12C[C@@H]3C[C@@H](CC(Br)(C3)C1)C2. The molecular formula is C15H24BrNO. The van der Waals surface area contributed by atoms with E-state index in [0.29, 0.717) is 5.91 Å². The summed E-state index contributed by atoms with van der Waals surface area (Å²) < 4.78 is 0.270. The third kappa shape index (κ3) is 2.13. The lowest BCUT2D eigenvalue weighted by atomic mass is 9.49. The molecule has 0 saturated heterocycles. The van der Waals surface area contributed by atoms with Gasteiger partial charge in [0.25, 0.3) is 0 Å². The van der Waals surface area contributed by atoms with Crippen molar-refractivity contribution in [3.63, 3.8) is 0 Å². The zero-order valence-electron chi connectivity index (χ0n) is 11.7. The number of rotatable bonds is 1. The first-order valence-electron chi connectivity index (χ1n) is 7.21. The Hall–Kier alpha value is -0.0500. The summed E-state index contributed by atoms with van der Waals surface area (Å²) in [5.74, 6) is 1.86. The summed E-state index contributed by atoms with van der Waals surface area (Å²) in [5.41, 5.74) is -0.180. The molecule has 4 atom stereocenters. The second-order valence-electron chi connectivity index (χ2n) is 8.10. The van der Waals surface area contributed by atoms with Crippen LogP contribution in [0.5, 0.6) is 0 Å². The molecule has 1 amide bonds. The number of carbonyl (C=O) groups excluding carboxylic acids is 1. The van der Waals surface area contributed by atoms with Crippen LogP contribution >= 0.6 is 15.9 Å². The zero-order chi connectivity index (χ0) is 13.2. The maximum absolute atomic E-state index is 12.7. The van der Waals surface area contributed by atoms with Gasteiger partial charge in [0.2, 0.25) is 5.91 Å². The Labute approximate surface area is 118 Å². The monoisotopic (exact) mass is 313 g/mol. The highest BCUT2D eigenvalue weighted by Gasteiger charge is 2.59. The molecule has 0 radical (unpaired) electrons. The van der Waals surface area contributed by atoms with Crippen LogP contribution in [-0.2, 0) is 4.79 Å². The second-order valence-corrected chi connectivity index (χ2v) is 9.78. The van der Waals surface area contributed by atoms with Gasteiger partial charge in [0.15, 0.2) is 0 Å². The number of halogens is 1. The minimum absolute atomic E-state index is 0.0686. The minimum atomic E-state index is -0.111. The summed E-state index contributed by atoms with van der Waals surface area (Å²) in [6.07, 6.45) is 7.23. The number of hydrogen-bond donors (Lipinski definition) is 1. The van der Waals surface area contributed by atoms with E-state index in [2.05, 4.69) is 42.0 Å². The Morgan fingerprint density at radius 1 is 1.17 bits per heavy atom. The van der Waals surface area contributed by atoms with E-state index in [0.717, 1.165) is 31.1 Å². The summed E-state index contributed by atoms with van der Waals surface area (Å²) in [7, 11) is 0. The quantitative estimate of drug-likeness (QED) is 0.736. The number of nitrogens with one attached hydrogen (secondary N) is 1. The van der Waals surface area contributed by atoms with E-state index in [1.165, 1.54) is 19.3 Å². The molecule has 4 saturated carbocycles. The Morgan fingerprint density at radius 3 is 2.17 bits per heavy atom. The number of amides is 1. The van der Waals surface area contributed by atoms with E-state index in [1.807, 2.05) is 0 Å². The van der Waals surface area contributed by atoms with Crippen molar-refractivity contribution in [2.75, 3.05) is 0 Å². The zero-order valence-corrected chi connectivity index (χ0v) is 13.3. The maximum atomic E-state index is 12.7. The van der Waals surface area contributed by atoms with Gasteiger partial charge < -0.3 is 5.32 Å². The van der Waals surface area contributed by atoms with Gasteiger partial charge in [0, 0.05) is 9.86 Å². The van der Waals surface area contributed by atoms with Crippen LogP contribution in [0.2, 0.25) is 0 Å². The topological polar surface area (TPSA) is 29.1 Å². The molecule has 0 heterocycles. The van der Waals surface area contributed by atoms with Crippen molar-refractivity contribution in [2.24, 2.45) is 17.3 Å². The smallest absolute Gasteiger partial charge is 0.226 e. The van der Waals surface area contributed by atoms with Crippen molar-refractivity contribution >= 4 is 21.8 Å². The van der Waals surface area contributed by atoms with E-state index in [4.69, 9.17) is 0 Å². The molecule has 2 nitrogen and oxygen atoms in total. The van der Waals surface area contributed by atoms with Crippen molar-refractivity contribution < 1.29 is 4.79 Å². The highest BCUT2D eigenvalue weighted by Crippen LogP contribution is 2.64. The lowest BCUT2D eigenvalue weighted by Crippen LogP contribution is -2.60. The molecule has 4 aliphatic carbocycles. The molecule has 1 N–H and O–H groups in total. The van der Waals surface area contributed by atoms with Crippen LogP contribution in [0, 0.1) is 17.3 Å². The first kappa shape index (κ1) is 13.0. The predicted molar refractivity (Wildman–Crippen MR) is 76.7 cm³/mol. The lowest BCUT2D eigenvalue weighted by Gasteiger charge is -2.59. The van der Waals surface area contributed by atoms with Crippen molar-refractivity contribution in [1.82, 2.24) is 5.32 Å². The van der Waals surface area contributed by atoms with E-state index in [1.54, 1.807) is 0 Å². The normalized spacial score (nSPS) is 46.2. The highest BCUT2D eigenvalue weighted by atomic mass is 79.9.